The zero-order valence-electron chi connectivity index (χ0n) is 12.7. The van der Waals surface area contributed by atoms with Gasteiger partial charge in [0.25, 0.3) is 0 Å². The van der Waals surface area contributed by atoms with E-state index < -0.39 is 24.1 Å². The molecule has 4 unspecified atom stereocenters. The summed E-state index contributed by atoms with van der Waals surface area (Å²) in [5.41, 5.74) is 0. The van der Waals surface area contributed by atoms with E-state index in [1.54, 1.807) is 0 Å². The van der Waals surface area contributed by atoms with Crippen LogP contribution < -0.4 is 0 Å². The van der Waals surface area contributed by atoms with E-state index >= 15 is 0 Å². The Balaban J connectivity index is 4.69. The lowest BCUT2D eigenvalue weighted by Crippen LogP contribution is -2.44. The molecule has 0 rings (SSSR count). The average molecular weight is 290 g/mol. The predicted octanol–water partition coefficient (Wildman–Crippen LogP) is 2.02. The summed E-state index contributed by atoms with van der Waals surface area (Å²) < 4.78 is 10.5. The van der Waals surface area contributed by atoms with Crippen molar-refractivity contribution in [3.63, 3.8) is 0 Å². The highest BCUT2D eigenvalue weighted by Gasteiger charge is 2.36. The number of carbonyl (C=O) groups is 2. The molecule has 0 aromatic carbocycles. The summed E-state index contributed by atoms with van der Waals surface area (Å²) >= 11 is 0. The molecule has 6 heteroatoms. The molecule has 0 aliphatic heterocycles. The fourth-order valence-corrected chi connectivity index (χ4v) is 1.35. The Morgan fingerprint density at radius 2 is 1.15 bits per heavy atom. The fraction of sp³-hybridized carbons (Fsp3) is 0.857. The summed E-state index contributed by atoms with van der Waals surface area (Å²) in [5.74, 6) is -2.29. The van der Waals surface area contributed by atoms with E-state index in [0.29, 0.717) is 0 Å². The molecule has 0 radical (unpaired) electrons. The molecule has 0 aliphatic rings. The maximum atomic E-state index is 11.2. The van der Waals surface area contributed by atoms with Gasteiger partial charge in [-0.05, 0) is 11.8 Å². The summed E-state index contributed by atoms with van der Waals surface area (Å²) in [6.45, 7) is 8.13. The minimum Gasteiger partial charge on any atom is -0.479 e. The fourth-order valence-electron chi connectivity index (χ4n) is 1.35. The minimum atomic E-state index is -1.48. The number of hydrogen-bond acceptors (Lipinski definition) is 4. The normalized spacial score (nSPS) is 17.2. The standard InChI is InChI=1S/C14H26O6/c1-5-9(3)7-19-11(13(15)16)12(14(17)18)20-8-10(4)6-2/h9-12H,5-8H2,1-4H3,(H,15,16)(H,17,18). The molecule has 2 N–H and O–H groups in total. The topological polar surface area (TPSA) is 93.1 Å². The SMILES string of the molecule is CCC(C)COC(C(=O)O)C(OCC(C)CC)C(=O)O. The van der Waals surface area contributed by atoms with Crippen LogP contribution in [0.15, 0.2) is 0 Å². The second-order valence-corrected chi connectivity index (χ2v) is 5.21. The summed E-state index contributed by atoms with van der Waals surface area (Å²) in [4.78, 5) is 22.4. The summed E-state index contributed by atoms with van der Waals surface area (Å²) in [5, 5.41) is 18.3. The molecule has 6 nitrogen and oxygen atoms in total. The third-order valence-corrected chi connectivity index (χ3v) is 3.28. The second-order valence-electron chi connectivity index (χ2n) is 5.21. The van der Waals surface area contributed by atoms with Crippen molar-refractivity contribution in [1.82, 2.24) is 0 Å². The lowest BCUT2D eigenvalue weighted by Gasteiger charge is -2.23. The van der Waals surface area contributed by atoms with Crippen molar-refractivity contribution in [3.05, 3.63) is 0 Å². The van der Waals surface area contributed by atoms with Gasteiger partial charge in [-0.25, -0.2) is 9.59 Å². The van der Waals surface area contributed by atoms with E-state index in [4.69, 9.17) is 19.7 Å². The maximum absolute atomic E-state index is 11.2. The number of aliphatic carboxylic acids is 2. The van der Waals surface area contributed by atoms with Gasteiger partial charge < -0.3 is 19.7 Å². The van der Waals surface area contributed by atoms with Crippen LogP contribution in [0.5, 0.6) is 0 Å². The van der Waals surface area contributed by atoms with Gasteiger partial charge in [0, 0.05) is 0 Å². The van der Waals surface area contributed by atoms with Gasteiger partial charge in [-0.15, -0.1) is 0 Å². The van der Waals surface area contributed by atoms with Gasteiger partial charge >= 0.3 is 11.9 Å². The van der Waals surface area contributed by atoms with E-state index in [-0.39, 0.29) is 25.0 Å². The van der Waals surface area contributed by atoms with Crippen molar-refractivity contribution in [2.45, 2.75) is 52.7 Å². The van der Waals surface area contributed by atoms with E-state index in [1.165, 1.54) is 0 Å². The predicted molar refractivity (Wildman–Crippen MR) is 73.7 cm³/mol. The minimum absolute atomic E-state index is 0.167. The van der Waals surface area contributed by atoms with Crippen LogP contribution in [0.4, 0.5) is 0 Å². The van der Waals surface area contributed by atoms with Crippen LogP contribution in [0.2, 0.25) is 0 Å². The highest BCUT2D eigenvalue weighted by molar-refractivity contribution is 5.83. The van der Waals surface area contributed by atoms with Gasteiger partial charge in [-0.2, -0.15) is 0 Å². The average Bonchev–Trinajstić information content (AvgIpc) is 2.40. The van der Waals surface area contributed by atoms with Gasteiger partial charge in [-0.1, -0.05) is 40.5 Å². The molecule has 0 saturated heterocycles. The Morgan fingerprint density at radius 1 is 0.850 bits per heavy atom. The Kier molecular flexibility index (Phi) is 9.16. The molecular formula is C14H26O6. The van der Waals surface area contributed by atoms with Gasteiger partial charge in [0.2, 0.25) is 0 Å². The van der Waals surface area contributed by atoms with Crippen molar-refractivity contribution >= 4 is 11.9 Å². The highest BCUT2D eigenvalue weighted by Crippen LogP contribution is 2.12. The van der Waals surface area contributed by atoms with Crippen LogP contribution in [-0.2, 0) is 19.1 Å². The van der Waals surface area contributed by atoms with Crippen molar-refractivity contribution in [1.29, 1.82) is 0 Å². The first-order chi connectivity index (χ1) is 9.33. The summed E-state index contributed by atoms with van der Waals surface area (Å²) in [6.07, 6.45) is -1.30. The van der Waals surface area contributed by atoms with Crippen LogP contribution in [-0.4, -0.2) is 47.6 Å². The molecule has 0 aliphatic carbocycles. The third kappa shape index (κ3) is 6.86. The second kappa shape index (κ2) is 9.72. The molecule has 20 heavy (non-hydrogen) atoms. The molecule has 0 amide bonds. The zero-order valence-corrected chi connectivity index (χ0v) is 12.7. The Labute approximate surface area is 120 Å². The first kappa shape index (κ1) is 18.9. The van der Waals surface area contributed by atoms with Crippen LogP contribution in [0.1, 0.15) is 40.5 Å². The monoisotopic (exact) mass is 290 g/mol. The number of carboxylic acids is 2. The smallest absolute Gasteiger partial charge is 0.336 e. The molecular weight excluding hydrogens is 264 g/mol. The van der Waals surface area contributed by atoms with Gasteiger partial charge in [0.1, 0.15) is 0 Å². The number of carboxylic acid groups (broad SMARTS) is 2. The van der Waals surface area contributed by atoms with E-state index in [0.717, 1.165) is 12.8 Å². The van der Waals surface area contributed by atoms with Crippen molar-refractivity contribution in [2.24, 2.45) is 11.8 Å². The van der Waals surface area contributed by atoms with Gasteiger partial charge in [0.15, 0.2) is 12.2 Å². The molecule has 0 spiro atoms. The van der Waals surface area contributed by atoms with Gasteiger partial charge in [0.05, 0.1) is 13.2 Å². The first-order valence-electron chi connectivity index (χ1n) is 7.02. The molecule has 4 atom stereocenters. The van der Waals surface area contributed by atoms with E-state index in [9.17, 15) is 9.59 Å². The van der Waals surface area contributed by atoms with Crippen LogP contribution in [0.25, 0.3) is 0 Å². The highest BCUT2D eigenvalue weighted by atomic mass is 16.6. The molecule has 0 aromatic rings. The van der Waals surface area contributed by atoms with Crippen molar-refractivity contribution in [2.75, 3.05) is 13.2 Å². The molecule has 118 valence electrons. The quantitative estimate of drug-likeness (QED) is 0.604. The first-order valence-corrected chi connectivity index (χ1v) is 7.02. The third-order valence-electron chi connectivity index (χ3n) is 3.28. The Hall–Kier alpha value is -1.14. The zero-order chi connectivity index (χ0) is 15.7. The lowest BCUT2D eigenvalue weighted by atomic mass is 10.1. The molecule has 0 aromatic heterocycles. The molecule has 0 fully saturated rings. The van der Waals surface area contributed by atoms with Gasteiger partial charge in [-0.3, -0.25) is 0 Å². The van der Waals surface area contributed by atoms with E-state index in [2.05, 4.69) is 0 Å². The van der Waals surface area contributed by atoms with Crippen LogP contribution >= 0.6 is 0 Å². The Bertz CT molecular complexity index is 274. The lowest BCUT2D eigenvalue weighted by molar-refractivity contribution is -0.178. The number of rotatable bonds is 11. The maximum Gasteiger partial charge on any atom is 0.336 e. The van der Waals surface area contributed by atoms with E-state index in [1.807, 2.05) is 27.7 Å². The summed E-state index contributed by atoms with van der Waals surface area (Å²) in [7, 11) is 0. The van der Waals surface area contributed by atoms with Crippen LogP contribution in [0, 0.1) is 11.8 Å². The molecule has 0 heterocycles. The number of ether oxygens (including phenoxy) is 2. The number of hydrogen-bond donors (Lipinski definition) is 2. The van der Waals surface area contributed by atoms with Crippen molar-refractivity contribution in [3.8, 4) is 0 Å². The molecule has 0 bridgehead atoms. The Morgan fingerprint density at radius 3 is 1.35 bits per heavy atom. The molecule has 0 saturated carbocycles. The summed E-state index contributed by atoms with van der Waals surface area (Å²) in [6, 6.07) is 0. The largest absolute Gasteiger partial charge is 0.479 e. The van der Waals surface area contributed by atoms with Crippen molar-refractivity contribution < 1.29 is 29.3 Å². The van der Waals surface area contributed by atoms with Crippen LogP contribution in [0.3, 0.4) is 0 Å².